The summed E-state index contributed by atoms with van der Waals surface area (Å²) >= 11 is 0. The maximum absolute atomic E-state index is 4.08. The maximum Gasteiger partial charge on any atom is 0.0271 e. The third-order valence-electron chi connectivity index (χ3n) is 4.02. The van der Waals surface area contributed by atoms with E-state index in [4.69, 9.17) is 0 Å². The van der Waals surface area contributed by atoms with Gasteiger partial charge < -0.3 is 5.32 Å². The van der Waals surface area contributed by atoms with E-state index in [0.29, 0.717) is 5.41 Å². The van der Waals surface area contributed by atoms with Crippen molar-refractivity contribution in [1.82, 2.24) is 15.2 Å². The van der Waals surface area contributed by atoms with E-state index in [-0.39, 0.29) is 0 Å². The Morgan fingerprint density at radius 2 is 1.94 bits per heavy atom. The lowest BCUT2D eigenvalue weighted by Crippen LogP contribution is -2.42. The van der Waals surface area contributed by atoms with Crippen molar-refractivity contribution in [3.8, 4) is 0 Å². The van der Waals surface area contributed by atoms with Gasteiger partial charge in [-0.25, -0.2) is 0 Å². The minimum atomic E-state index is 0.480. The minimum Gasteiger partial charge on any atom is -0.317 e. The molecule has 1 aromatic heterocycles. The number of hydrogen-bond donors (Lipinski definition) is 1. The fourth-order valence-electron chi connectivity index (χ4n) is 2.75. The van der Waals surface area contributed by atoms with Crippen LogP contribution in [0.2, 0.25) is 0 Å². The monoisotopic (exact) mass is 247 g/mol. The van der Waals surface area contributed by atoms with Crippen LogP contribution in [0.1, 0.15) is 32.3 Å². The first-order valence-corrected chi connectivity index (χ1v) is 7.04. The largest absolute Gasteiger partial charge is 0.317 e. The average Bonchev–Trinajstić information content (AvgIpc) is 2.40. The van der Waals surface area contributed by atoms with Crippen LogP contribution in [0.3, 0.4) is 0 Å². The summed E-state index contributed by atoms with van der Waals surface area (Å²) < 4.78 is 0. The molecule has 0 bridgehead atoms. The van der Waals surface area contributed by atoms with Crippen LogP contribution in [0.4, 0.5) is 0 Å². The highest BCUT2D eigenvalue weighted by Crippen LogP contribution is 2.29. The molecule has 0 spiro atoms. The number of pyridine rings is 1. The van der Waals surface area contributed by atoms with Gasteiger partial charge in [-0.1, -0.05) is 13.8 Å². The van der Waals surface area contributed by atoms with Crippen LogP contribution in [-0.2, 0) is 6.54 Å². The molecule has 0 saturated carbocycles. The first-order chi connectivity index (χ1) is 8.72. The molecule has 0 aromatic carbocycles. The summed E-state index contributed by atoms with van der Waals surface area (Å²) in [7, 11) is 0. The van der Waals surface area contributed by atoms with Crippen molar-refractivity contribution in [1.29, 1.82) is 0 Å². The van der Waals surface area contributed by atoms with Crippen LogP contribution in [-0.4, -0.2) is 36.1 Å². The van der Waals surface area contributed by atoms with E-state index in [9.17, 15) is 0 Å². The molecule has 100 valence electrons. The summed E-state index contributed by atoms with van der Waals surface area (Å²) in [5.41, 5.74) is 1.85. The minimum absolute atomic E-state index is 0.480. The Balaban J connectivity index is 1.92. The van der Waals surface area contributed by atoms with Crippen molar-refractivity contribution < 1.29 is 0 Å². The third-order valence-corrected chi connectivity index (χ3v) is 4.02. The van der Waals surface area contributed by atoms with E-state index in [1.54, 1.807) is 0 Å². The molecule has 1 saturated heterocycles. The fourth-order valence-corrected chi connectivity index (χ4v) is 2.75. The van der Waals surface area contributed by atoms with Crippen molar-refractivity contribution in [3.63, 3.8) is 0 Å². The lowest BCUT2D eigenvalue weighted by Gasteiger charge is -2.38. The standard InChI is InChI=1S/C15H25N3/c1-3-18(12-14-4-8-16-9-5-14)13-15(2)6-10-17-11-7-15/h4-5,8-9,17H,3,6-7,10-13H2,1-2H3. The van der Waals surface area contributed by atoms with Gasteiger partial charge in [0.15, 0.2) is 0 Å². The molecule has 0 unspecified atom stereocenters. The van der Waals surface area contributed by atoms with Crippen LogP contribution in [0.15, 0.2) is 24.5 Å². The molecule has 0 amide bonds. The van der Waals surface area contributed by atoms with E-state index >= 15 is 0 Å². The first-order valence-electron chi connectivity index (χ1n) is 7.04. The van der Waals surface area contributed by atoms with Gasteiger partial charge in [0, 0.05) is 25.5 Å². The van der Waals surface area contributed by atoms with Gasteiger partial charge >= 0.3 is 0 Å². The van der Waals surface area contributed by atoms with E-state index < -0.39 is 0 Å². The molecule has 3 nitrogen and oxygen atoms in total. The molecular weight excluding hydrogens is 222 g/mol. The number of piperidine rings is 1. The quantitative estimate of drug-likeness (QED) is 0.865. The topological polar surface area (TPSA) is 28.2 Å². The molecule has 0 radical (unpaired) electrons. The number of nitrogens with one attached hydrogen (secondary N) is 1. The van der Waals surface area contributed by atoms with Crippen LogP contribution >= 0.6 is 0 Å². The number of aromatic nitrogens is 1. The fraction of sp³-hybridized carbons (Fsp3) is 0.667. The molecule has 2 rings (SSSR count). The second-order valence-electron chi connectivity index (χ2n) is 5.72. The van der Waals surface area contributed by atoms with Crippen molar-refractivity contribution in [2.24, 2.45) is 5.41 Å². The smallest absolute Gasteiger partial charge is 0.0271 e. The Morgan fingerprint density at radius 1 is 1.28 bits per heavy atom. The van der Waals surface area contributed by atoms with Crippen molar-refractivity contribution >= 4 is 0 Å². The van der Waals surface area contributed by atoms with Gasteiger partial charge in [0.1, 0.15) is 0 Å². The van der Waals surface area contributed by atoms with Gasteiger partial charge in [-0.05, 0) is 55.6 Å². The molecule has 18 heavy (non-hydrogen) atoms. The van der Waals surface area contributed by atoms with Crippen molar-refractivity contribution in [2.45, 2.75) is 33.2 Å². The Labute approximate surface area is 111 Å². The summed E-state index contributed by atoms with van der Waals surface area (Å²) in [6.45, 7) is 10.4. The Bertz CT molecular complexity index is 344. The summed E-state index contributed by atoms with van der Waals surface area (Å²) in [6.07, 6.45) is 6.35. The second kappa shape index (κ2) is 6.30. The molecule has 1 aromatic rings. The van der Waals surface area contributed by atoms with Crippen LogP contribution in [0.25, 0.3) is 0 Å². The zero-order valence-electron chi connectivity index (χ0n) is 11.7. The Kier molecular flexibility index (Phi) is 4.72. The Morgan fingerprint density at radius 3 is 2.56 bits per heavy atom. The molecule has 1 aliphatic heterocycles. The molecule has 0 atom stereocenters. The zero-order valence-corrected chi connectivity index (χ0v) is 11.7. The number of nitrogens with zero attached hydrogens (tertiary/aromatic N) is 2. The number of rotatable bonds is 5. The summed E-state index contributed by atoms with van der Waals surface area (Å²) in [5, 5.41) is 3.45. The molecule has 1 fully saturated rings. The number of hydrogen-bond acceptors (Lipinski definition) is 3. The van der Waals surface area contributed by atoms with Crippen LogP contribution < -0.4 is 5.32 Å². The van der Waals surface area contributed by atoms with Gasteiger partial charge in [-0.2, -0.15) is 0 Å². The predicted octanol–water partition coefficient (Wildman–Crippen LogP) is 2.29. The average molecular weight is 247 g/mol. The van der Waals surface area contributed by atoms with Crippen molar-refractivity contribution in [2.75, 3.05) is 26.2 Å². The SMILES string of the molecule is CCN(Cc1ccncc1)CC1(C)CCNCC1. The van der Waals surface area contributed by atoms with E-state index in [0.717, 1.165) is 13.1 Å². The normalized spacial score (nSPS) is 19.1. The zero-order chi connectivity index (χ0) is 12.8. The summed E-state index contributed by atoms with van der Waals surface area (Å²) in [6, 6.07) is 4.24. The second-order valence-corrected chi connectivity index (χ2v) is 5.72. The summed E-state index contributed by atoms with van der Waals surface area (Å²) in [5.74, 6) is 0. The van der Waals surface area contributed by atoms with Gasteiger partial charge in [-0.3, -0.25) is 9.88 Å². The lowest BCUT2D eigenvalue weighted by molar-refractivity contribution is 0.127. The van der Waals surface area contributed by atoms with Gasteiger partial charge in [0.05, 0.1) is 0 Å². The molecule has 3 heteroatoms. The molecule has 2 heterocycles. The highest BCUT2D eigenvalue weighted by atomic mass is 15.1. The van der Waals surface area contributed by atoms with E-state index in [2.05, 4.69) is 41.2 Å². The van der Waals surface area contributed by atoms with E-state index in [1.807, 2.05) is 12.4 Å². The third kappa shape index (κ3) is 3.79. The Hall–Kier alpha value is -0.930. The highest BCUT2D eigenvalue weighted by Gasteiger charge is 2.28. The first kappa shape index (κ1) is 13.5. The van der Waals surface area contributed by atoms with Gasteiger partial charge in [0.25, 0.3) is 0 Å². The van der Waals surface area contributed by atoms with Crippen LogP contribution in [0, 0.1) is 5.41 Å². The van der Waals surface area contributed by atoms with Crippen LogP contribution in [0.5, 0.6) is 0 Å². The van der Waals surface area contributed by atoms with Gasteiger partial charge in [-0.15, -0.1) is 0 Å². The van der Waals surface area contributed by atoms with Crippen molar-refractivity contribution in [3.05, 3.63) is 30.1 Å². The van der Waals surface area contributed by atoms with E-state index in [1.165, 1.54) is 38.0 Å². The molecule has 0 aliphatic carbocycles. The predicted molar refractivity (Wildman–Crippen MR) is 75.4 cm³/mol. The molecule has 1 N–H and O–H groups in total. The summed E-state index contributed by atoms with van der Waals surface area (Å²) in [4.78, 5) is 6.64. The molecular formula is C15H25N3. The lowest BCUT2D eigenvalue weighted by atomic mass is 9.80. The maximum atomic E-state index is 4.08. The highest BCUT2D eigenvalue weighted by molar-refractivity contribution is 5.09. The van der Waals surface area contributed by atoms with Gasteiger partial charge in [0.2, 0.25) is 0 Å². The molecule has 1 aliphatic rings.